The maximum atomic E-state index is 13.4. The third-order valence-electron chi connectivity index (χ3n) is 3.29. The second-order valence-electron chi connectivity index (χ2n) is 5.18. The number of carbonyl (C=O) groups is 2. The molecule has 0 aromatic heterocycles. The van der Waals surface area contributed by atoms with Crippen LogP contribution in [0, 0.1) is 17.5 Å². The van der Waals surface area contributed by atoms with Crippen molar-refractivity contribution in [3.8, 4) is 0 Å². The molecule has 0 unspecified atom stereocenters. The predicted octanol–water partition coefficient (Wildman–Crippen LogP) is 3.55. The number of hydrogen-bond donors (Lipinski definition) is 2. The summed E-state index contributed by atoms with van der Waals surface area (Å²) in [5.74, 6) is -5.62. The zero-order chi connectivity index (χ0) is 18.4. The molecule has 132 valence electrons. The van der Waals surface area contributed by atoms with E-state index in [1.807, 2.05) is 24.3 Å². The first-order valence-electron chi connectivity index (χ1n) is 7.31. The number of rotatable bonds is 6. The molecule has 8 heteroatoms. The van der Waals surface area contributed by atoms with E-state index < -0.39 is 35.6 Å². The molecule has 0 fully saturated rings. The Morgan fingerprint density at radius 3 is 2.48 bits per heavy atom. The fraction of sp³-hybridized carbons (Fsp3) is 0.176. The van der Waals surface area contributed by atoms with Crippen molar-refractivity contribution in [2.75, 3.05) is 11.9 Å². The standard InChI is InChI=1S/C17H14BrF3N2O2/c18-11-3-1-2-10(8-11)4-7-14(24)22-9-15(25)23-13-6-5-12(19)16(20)17(13)21/h1-3,5-6,8H,4,7,9H2,(H,22,24)(H,23,25). The van der Waals surface area contributed by atoms with Gasteiger partial charge < -0.3 is 10.6 Å². The Morgan fingerprint density at radius 2 is 1.76 bits per heavy atom. The van der Waals surface area contributed by atoms with Gasteiger partial charge in [0.25, 0.3) is 0 Å². The number of nitrogens with one attached hydrogen (secondary N) is 2. The van der Waals surface area contributed by atoms with Crippen molar-refractivity contribution < 1.29 is 22.8 Å². The van der Waals surface area contributed by atoms with Gasteiger partial charge in [-0.15, -0.1) is 0 Å². The summed E-state index contributed by atoms with van der Waals surface area (Å²) < 4.78 is 40.2. The molecule has 0 heterocycles. The van der Waals surface area contributed by atoms with Crippen LogP contribution in [0.5, 0.6) is 0 Å². The van der Waals surface area contributed by atoms with E-state index in [9.17, 15) is 22.8 Å². The zero-order valence-corrected chi connectivity index (χ0v) is 14.5. The van der Waals surface area contributed by atoms with Crippen molar-refractivity contribution in [1.29, 1.82) is 0 Å². The number of halogens is 4. The minimum atomic E-state index is -1.67. The van der Waals surface area contributed by atoms with Crippen LogP contribution in [0.1, 0.15) is 12.0 Å². The van der Waals surface area contributed by atoms with Crippen LogP contribution in [0.3, 0.4) is 0 Å². The van der Waals surface area contributed by atoms with Gasteiger partial charge in [0.05, 0.1) is 12.2 Å². The minimum Gasteiger partial charge on any atom is -0.347 e. The van der Waals surface area contributed by atoms with Gasteiger partial charge in [0.2, 0.25) is 11.8 Å². The number of hydrogen-bond acceptors (Lipinski definition) is 2. The third-order valence-corrected chi connectivity index (χ3v) is 3.78. The molecule has 0 saturated carbocycles. The highest BCUT2D eigenvalue weighted by Gasteiger charge is 2.15. The normalized spacial score (nSPS) is 10.4. The van der Waals surface area contributed by atoms with E-state index in [-0.39, 0.29) is 12.3 Å². The smallest absolute Gasteiger partial charge is 0.243 e. The Hall–Kier alpha value is -2.35. The van der Waals surface area contributed by atoms with Gasteiger partial charge in [-0.2, -0.15) is 0 Å². The van der Waals surface area contributed by atoms with Crippen LogP contribution in [0.4, 0.5) is 18.9 Å². The number of aryl methyl sites for hydroxylation is 1. The van der Waals surface area contributed by atoms with Gasteiger partial charge in [-0.05, 0) is 36.2 Å². The average Bonchev–Trinajstić information content (AvgIpc) is 2.59. The SMILES string of the molecule is O=C(CCc1cccc(Br)c1)NCC(=O)Nc1ccc(F)c(F)c1F. The minimum absolute atomic E-state index is 0.170. The Labute approximate surface area is 150 Å². The molecule has 0 bridgehead atoms. The van der Waals surface area contributed by atoms with Crippen molar-refractivity contribution in [1.82, 2.24) is 5.32 Å². The first-order valence-corrected chi connectivity index (χ1v) is 8.10. The second kappa shape index (κ2) is 8.66. The van der Waals surface area contributed by atoms with Gasteiger partial charge in [-0.25, -0.2) is 13.2 Å². The molecule has 0 radical (unpaired) electrons. The van der Waals surface area contributed by atoms with Crippen molar-refractivity contribution in [3.05, 3.63) is 63.9 Å². The monoisotopic (exact) mass is 414 g/mol. The van der Waals surface area contributed by atoms with Crippen LogP contribution in [-0.2, 0) is 16.0 Å². The van der Waals surface area contributed by atoms with Crippen molar-refractivity contribution in [2.45, 2.75) is 12.8 Å². The summed E-state index contributed by atoms with van der Waals surface area (Å²) in [6.07, 6.45) is 0.661. The van der Waals surface area contributed by atoms with E-state index in [4.69, 9.17) is 0 Å². The predicted molar refractivity (Wildman–Crippen MR) is 90.4 cm³/mol. The number of carbonyl (C=O) groups excluding carboxylic acids is 2. The van der Waals surface area contributed by atoms with Crippen LogP contribution in [0.15, 0.2) is 40.9 Å². The summed E-state index contributed by atoms with van der Waals surface area (Å²) in [6.45, 7) is -0.407. The fourth-order valence-electron chi connectivity index (χ4n) is 2.03. The summed E-state index contributed by atoms with van der Waals surface area (Å²) in [5.41, 5.74) is 0.463. The number of benzene rings is 2. The third kappa shape index (κ3) is 5.60. The highest BCUT2D eigenvalue weighted by Crippen LogP contribution is 2.19. The summed E-state index contributed by atoms with van der Waals surface area (Å²) in [5, 5.41) is 4.45. The van der Waals surface area contributed by atoms with Crippen LogP contribution in [0.25, 0.3) is 0 Å². The fourth-order valence-corrected chi connectivity index (χ4v) is 2.48. The Kier molecular flexibility index (Phi) is 6.58. The topological polar surface area (TPSA) is 58.2 Å². The van der Waals surface area contributed by atoms with E-state index in [0.717, 1.165) is 16.1 Å². The summed E-state index contributed by atoms with van der Waals surface area (Å²) in [6, 6.07) is 9.07. The molecule has 25 heavy (non-hydrogen) atoms. The van der Waals surface area contributed by atoms with Crippen LogP contribution in [-0.4, -0.2) is 18.4 Å². The molecule has 2 aromatic carbocycles. The van der Waals surface area contributed by atoms with Crippen LogP contribution < -0.4 is 10.6 Å². The van der Waals surface area contributed by atoms with Gasteiger partial charge in [0, 0.05) is 10.9 Å². The number of amides is 2. The molecular weight excluding hydrogens is 401 g/mol. The second-order valence-corrected chi connectivity index (χ2v) is 6.09. The maximum Gasteiger partial charge on any atom is 0.243 e. The zero-order valence-electron chi connectivity index (χ0n) is 12.9. The highest BCUT2D eigenvalue weighted by molar-refractivity contribution is 9.10. The lowest BCUT2D eigenvalue weighted by atomic mass is 10.1. The quantitative estimate of drug-likeness (QED) is 0.710. The van der Waals surface area contributed by atoms with Gasteiger partial charge in [0.1, 0.15) is 0 Å². The summed E-state index contributed by atoms with van der Waals surface area (Å²) in [4.78, 5) is 23.4. The highest BCUT2D eigenvalue weighted by atomic mass is 79.9. The molecular formula is C17H14BrF3N2O2. The molecule has 0 aliphatic rings. The molecule has 0 spiro atoms. The van der Waals surface area contributed by atoms with Gasteiger partial charge >= 0.3 is 0 Å². The van der Waals surface area contributed by atoms with Crippen molar-refractivity contribution in [2.24, 2.45) is 0 Å². The maximum absolute atomic E-state index is 13.4. The molecule has 2 aromatic rings. The Balaban J connectivity index is 1.80. The Morgan fingerprint density at radius 1 is 1.00 bits per heavy atom. The first kappa shape index (κ1) is 19.0. The van der Waals surface area contributed by atoms with Crippen LogP contribution >= 0.6 is 15.9 Å². The number of anilines is 1. The van der Waals surface area contributed by atoms with E-state index in [1.165, 1.54) is 0 Å². The van der Waals surface area contributed by atoms with Gasteiger partial charge in [0.15, 0.2) is 17.5 Å². The first-order chi connectivity index (χ1) is 11.9. The molecule has 2 rings (SSSR count). The molecule has 4 nitrogen and oxygen atoms in total. The Bertz CT molecular complexity index is 799. The van der Waals surface area contributed by atoms with E-state index >= 15 is 0 Å². The van der Waals surface area contributed by atoms with E-state index in [1.54, 1.807) is 0 Å². The van der Waals surface area contributed by atoms with Crippen molar-refractivity contribution in [3.63, 3.8) is 0 Å². The van der Waals surface area contributed by atoms with E-state index in [0.29, 0.717) is 12.5 Å². The largest absolute Gasteiger partial charge is 0.347 e. The van der Waals surface area contributed by atoms with Gasteiger partial charge in [-0.3, -0.25) is 9.59 Å². The summed E-state index contributed by atoms with van der Waals surface area (Å²) >= 11 is 3.33. The van der Waals surface area contributed by atoms with E-state index in [2.05, 4.69) is 26.6 Å². The lowest BCUT2D eigenvalue weighted by Gasteiger charge is -2.08. The summed E-state index contributed by atoms with van der Waals surface area (Å²) in [7, 11) is 0. The molecule has 0 aliphatic carbocycles. The van der Waals surface area contributed by atoms with Gasteiger partial charge in [-0.1, -0.05) is 28.1 Å². The molecule has 0 saturated heterocycles. The average molecular weight is 415 g/mol. The molecule has 2 N–H and O–H groups in total. The molecule has 0 aliphatic heterocycles. The molecule has 2 amide bonds. The lowest BCUT2D eigenvalue weighted by Crippen LogP contribution is -2.33. The van der Waals surface area contributed by atoms with Crippen molar-refractivity contribution >= 4 is 33.4 Å². The lowest BCUT2D eigenvalue weighted by molar-refractivity contribution is -0.124. The molecule has 0 atom stereocenters. The van der Waals surface area contributed by atoms with Crippen LogP contribution in [0.2, 0.25) is 0 Å².